The largest absolute Gasteiger partial charge is 0.493 e. The second kappa shape index (κ2) is 7.06. The van der Waals surface area contributed by atoms with Crippen LogP contribution in [0.15, 0.2) is 23.1 Å². The van der Waals surface area contributed by atoms with Crippen LogP contribution in [0.5, 0.6) is 5.75 Å². The molecule has 7 nitrogen and oxygen atoms in total. The third kappa shape index (κ3) is 3.93. The number of carboxylic acid groups (broad SMARTS) is 1. The Labute approximate surface area is 123 Å². The molecule has 0 aliphatic heterocycles. The van der Waals surface area contributed by atoms with E-state index < -0.39 is 16.0 Å². The van der Waals surface area contributed by atoms with Gasteiger partial charge in [0, 0.05) is 20.0 Å². The molecule has 114 valence electrons. The van der Waals surface area contributed by atoms with Crippen molar-refractivity contribution in [1.82, 2.24) is 4.31 Å². The zero-order valence-corrected chi connectivity index (χ0v) is 12.6. The van der Waals surface area contributed by atoms with Crippen LogP contribution >= 0.6 is 0 Å². The summed E-state index contributed by atoms with van der Waals surface area (Å²) in [5, 5.41) is 17.6. The van der Waals surface area contributed by atoms with Crippen molar-refractivity contribution >= 4 is 16.0 Å². The van der Waals surface area contributed by atoms with Crippen molar-refractivity contribution in [3.63, 3.8) is 0 Å². The van der Waals surface area contributed by atoms with Gasteiger partial charge in [-0.05, 0) is 25.1 Å². The van der Waals surface area contributed by atoms with Gasteiger partial charge in [0.15, 0.2) is 0 Å². The van der Waals surface area contributed by atoms with Crippen LogP contribution in [0, 0.1) is 11.3 Å². The fraction of sp³-hybridized carbons (Fsp3) is 0.385. The standard InChI is InChI=1S/C13H16N2O5S/c1-3-20-12-6-5-10(9-11(12)13(16)17)21(18,19)15(2)8-4-7-14/h5-6,9H,3-4,8H2,1-2H3,(H,16,17). The molecule has 1 aromatic rings. The predicted molar refractivity (Wildman–Crippen MR) is 74.6 cm³/mol. The van der Waals surface area contributed by atoms with E-state index in [-0.39, 0.29) is 35.8 Å². The van der Waals surface area contributed by atoms with E-state index >= 15 is 0 Å². The molecular weight excluding hydrogens is 296 g/mol. The maximum absolute atomic E-state index is 12.3. The number of carbonyl (C=O) groups is 1. The highest BCUT2D eigenvalue weighted by molar-refractivity contribution is 7.89. The van der Waals surface area contributed by atoms with Crippen LogP contribution in [-0.4, -0.2) is 44.0 Å². The monoisotopic (exact) mass is 312 g/mol. The quantitative estimate of drug-likeness (QED) is 0.813. The van der Waals surface area contributed by atoms with E-state index in [9.17, 15) is 13.2 Å². The number of rotatable bonds is 7. The van der Waals surface area contributed by atoms with Crippen molar-refractivity contribution in [2.24, 2.45) is 0 Å². The lowest BCUT2D eigenvalue weighted by atomic mass is 10.2. The van der Waals surface area contributed by atoms with Gasteiger partial charge in [0.25, 0.3) is 0 Å². The smallest absolute Gasteiger partial charge is 0.339 e. The van der Waals surface area contributed by atoms with Crippen LogP contribution in [0.25, 0.3) is 0 Å². The topological polar surface area (TPSA) is 108 Å². The second-order valence-electron chi connectivity index (χ2n) is 4.13. The average molecular weight is 312 g/mol. The summed E-state index contributed by atoms with van der Waals surface area (Å²) in [7, 11) is -2.50. The normalized spacial score (nSPS) is 11.1. The molecular formula is C13H16N2O5S. The Morgan fingerprint density at radius 1 is 1.48 bits per heavy atom. The minimum absolute atomic E-state index is 0.0362. The summed E-state index contributed by atoms with van der Waals surface area (Å²) in [4.78, 5) is 11.0. The first-order valence-corrected chi connectivity index (χ1v) is 7.62. The van der Waals surface area contributed by atoms with Crippen molar-refractivity contribution in [3.8, 4) is 11.8 Å². The van der Waals surface area contributed by atoms with Gasteiger partial charge in [-0.3, -0.25) is 0 Å². The third-order valence-corrected chi connectivity index (χ3v) is 4.58. The number of ether oxygens (including phenoxy) is 1. The summed E-state index contributed by atoms with van der Waals surface area (Å²) in [6.07, 6.45) is 0.0541. The minimum Gasteiger partial charge on any atom is -0.493 e. The van der Waals surface area contributed by atoms with Crippen molar-refractivity contribution in [3.05, 3.63) is 23.8 Å². The molecule has 0 aliphatic rings. The molecule has 0 atom stereocenters. The lowest BCUT2D eigenvalue weighted by Gasteiger charge is -2.16. The van der Waals surface area contributed by atoms with Crippen LogP contribution < -0.4 is 4.74 Å². The lowest BCUT2D eigenvalue weighted by Crippen LogP contribution is -2.28. The van der Waals surface area contributed by atoms with Crippen LogP contribution in [0.3, 0.4) is 0 Å². The molecule has 0 aromatic heterocycles. The van der Waals surface area contributed by atoms with Crippen LogP contribution in [-0.2, 0) is 10.0 Å². The van der Waals surface area contributed by atoms with Crippen molar-refractivity contribution in [2.45, 2.75) is 18.2 Å². The fourth-order valence-electron chi connectivity index (χ4n) is 1.63. The number of benzene rings is 1. The number of carboxylic acids is 1. The van der Waals surface area contributed by atoms with E-state index in [4.69, 9.17) is 15.1 Å². The van der Waals surface area contributed by atoms with Crippen LogP contribution in [0.4, 0.5) is 0 Å². The number of sulfonamides is 1. The van der Waals surface area contributed by atoms with Gasteiger partial charge in [0.1, 0.15) is 11.3 Å². The Balaban J connectivity index is 3.22. The molecule has 0 amide bonds. The molecule has 0 unspecified atom stereocenters. The molecule has 1 aromatic carbocycles. The average Bonchev–Trinajstić information content (AvgIpc) is 2.44. The van der Waals surface area contributed by atoms with Crippen LogP contribution in [0.2, 0.25) is 0 Å². The summed E-state index contributed by atoms with van der Waals surface area (Å²) >= 11 is 0. The molecule has 21 heavy (non-hydrogen) atoms. The Kier molecular flexibility index (Phi) is 5.69. The minimum atomic E-state index is -3.84. The Hall–Kier alpha value is -2.11. The SMILES string of the molecule is CCOc1ccc(S(=O)(=O)N(C)CCC#N)cc1C(=O)O. The van der Waals surface area contributed by atoms with Crippen molar-refractivity contribution in [1.29, 1.82) is 5.26 Å². The summed E-state index contributed by atoms with van der Waals surface area (Å²) in [5.41, 5.74) is -0.216. The molecule has 0 fully saturated rings. The molecule has 0 aliphatic carbocycles. The highest BCUT2D eigenvalue weighted by Crippen LogP contribution is 2.24. The fourth-order valence-corrected chi connectivity index (χ4v) is 2.82. The highest BCUT2D eigenvalue weighted by atomic mass is 32.2. The maximum atomic E-state index is 12.3. The van der Waals surface area contributed by atoms with Gasteiger partial charge in [-0.25, -0.2) is 13.2 Å². The molecule has 0 radical (unpaired) electrons. The summed E-state index contributed by atoms with van der Waals surface area (Å²) in [5.74, 6) is -1.15. The molecule has 8 heteroatoms. The van der Waals surface area contributed by atoms with E-state index in [2.05, 4.69) is 0 Å². The van der Waals surface area contributed by atoms with Crippen LogP contribution in [0.1, 0.15) is 23.7 Å². The molecule has 0 saturated carbocycles. The van der Waals surface area contributed by atoms with Gasteiger partial charge >= 0.3 is 5.97 Å². The summed E-state index contributed by atoms with van der Waals surface area (Å²) < 4.78 is 30.7. The van der Waals surface area contributed by atoms with Gasteiger partial charge in [0.05, 0.1) is 17.6 Å². The molecule has 0 spiro atoms. The second-order valence-corrected chi connectivity index (χ2v) is 6.18. The third-order valence-electron chi connectivity index (χ3n) is 2.73. The number of nitrogens with zero attached hydrogens (tertiary/aromatic N) is 2. The number of aromatic carboxylic acids is 1. The molecule has 0 bridgehead atoms. The Morgan fingerprint density at radius 3 is 2.67 bits per heavy atom. The number of hydrogen-bond donors (Lipinski definition) is 1. The van der Waals surface area contributed by atoms with E-state index in [0.717, 1.165) is 10.4 Å². The van der Waals surface area contributed by atoms with Gasteiger partial charge in [-0.15, -0.1) is 0 Å². The van der Waals surface area contributed by atoms with Gasteiger partial charge in [0.2, 0.25) is 10.0 Å². The maximum Gasteiger partial charge on any atom is 0.339 e. The molecule has 0 heterocycles. The van der Waals surface area contributed by atoms with E-state index in [1.165, 1.54) is 19.2 Å². The van der Waals surface area contributed by atoms with E-state index in [0.29, 0.717) is 0 Å². The highest BCUT2D eigenvalue weighted by Gasteiger charge is 2.23. The summed E-state index contributed by atoms with van der Waals surface area (Å²) in [6, 6.07) is 5.52. The van der Waals surface area contributed by atoms with Crippen molar-refractivity contribution in [2.75, 3.05) is 20.2 Å². The summed E-state index contributed by atoms with van der Waals surface area (Å²) in [6.45, 7) is 2.01. The zero-order valence-electron chi connectivity index (χ0n) is 11.7. The van der Waals surface area contributed by atoms with Gasteiger partial charge < -0.3 is 9.84 Å². The molecule has 0 saturated heterocycles. The first-order valence-electron chi connectivity index (χ1n) is 6.18. The van der Waals surface area contributed by atoms with E-state index in [1.807, 2.05) is 6.07 Å². The predicted octanol–water partition coefficient (Wildman–Crippen LogP) is 1.32. The molecule has 1 rings (SSSR count). The zero-order chi connectivity index (χ0) is 16.0. The van der Waals surface area contributed by atoms with Gasteiger partial charge in [-0.2, -0.15) is 9.57 Å². The van der Waals surface area contributed by atoms with Crippen molar-refractivity contribution < 1.29 is 23.1 Å². The Bertz CT molecular complexity index is 664. The Morgan fingerprint density at radius 2 is 2.14 bits per heavy atom. The first kappa shape index (κ1) is 16.9. The first-order chi connectivity index (χ1) is 9.84. The lowest BCUT2D eigenvalue weighted by molar-refractivity contribution is 0.0692. The number of nitriles is 1. The van der Waals surface area contributed by atoms with E-state index in [1.54, 1.807) is 6.92 Å². The number of hydrogen-bond acceptors (Lipinski definition) is 5. The van der Waals surface area contributed by atoms with Gasteiger partial charge in [-0.1, -0.05) is 0 Å². The molecule has 1 N–H and O–H groups in total.